The summed E-state index contributed by atoms with van der Waals surface area (Å²) >= 11 is 1.56. The third kappa shape index (κ3) is 3.95. The molecular formula is C15H17N3O2S. The van der Waals surface area contributed by atoms with Crippen LogP contribution in [0.1, 0.15) is 12.6 Å². The van der Waals surface area contributed by atoms with Crippen molar-refractivity contribution in [2.45, 2.75) is 24.8 Å². The number of aromatic nitrogens is 2. The molecule has 0 spiro atoms. The summed E-state index contributed by atoms with van der Waals surface area (Å²) in [5.41, 5.74) is 1.26. The minimum Gasteiger partial charge on any atom is -0.324 e. The van der Waals surface area contributed by atoms with Crippen LogP contribution in [0.2, 0.25) is 0 Å². The molecule has 0 fully saturated rings. The second-order valence-electron chi connectivity index (χ2n) is 4.45. The molecule has 0 aliphatic carbocycles. The highest BCUT2D eigenvalue weighted by atomic mass is 32.2. The number of thioether (sulfide) groups is 1. The van der Waals surface area contributed by atoms with E-state index in [0.717, 1.165) is 16.3 Å². The quantitative estimate of drug-likeness (QED) is 0.860. The summed E-state index contributed by atoms with van der Waals surface area (Å²) in [5.74, 6) is -0.246. The molecular weight excluding hydrogens is 286 g/mol. The molecule has 0 aliphatic rings. The van der Waals surface area contributed by atoms with E-state index in [4.69, 9.17) is 0 Å². The van der Waals surface area contributed by atoms with Crippen LogP contribution in [0.5, 0.6) is 0 Å². The number of hydrogen-bond donors (Lipinski definition) is 1. The lowest BCUT2D eigenvalue weighted by atomic mass is 10.3. The molecule has 6 heteroatoms. The molecule has 5 nitrogen and oxygen atoms in total. The molecule has 2 rings (SSSR count). The van der Waals surface area contributed by atoms with E-state index in [1.165, 1.54) is 17.0 Å². The van der Waals surface area contributed by atoms with Gasteiger partial charge in [-0.1, -0.05) is 19.1 Å². The number of carbonyl (C=O) groups excluding carboxylic acids is 1. The Labute approximate surface area is 127 Å². The zero-order valence-corrected chi connectivity index (χ0v) is 12.8. The van der Waals surface area contributed by atoms with Crippen molar-refractivity contribution >= 4 is 23.4 Å². The number of benzene rings is 1. The number of carbonyl (C=O) groups is 1. The lowest BCUT2D eigenvalue weighted by Gasteiger charge is -2.10. The number of nitrogens with one attached hydrogen (secondary N) is 1. The summed E-state index contributed by atoms with van der Waals surface area (Å²) in [6.07, 6.45) is 4.06. The fraction of sp³-hybridized carbons (Fsp3) is 0.267. The van der Waals surface area contributed by atoms with E-state index in [9.17, 15) is 9.59 Å². The molecule has 0 radical (unpaired) electrons. The van der Waals surface area contributed by atoms with Gasteiger partial charge in [-0.2, -0.15) is 0 Å². The van der Waals surface area contributed by atoms with Gasteiger partial charge in [0.25, 0.3) is 5.56 Å². The number of aryl methyl sites for hydroxylation is 1. The van der Waals surface area contributed by atoms with E-state index in [1.54, 1.807) is 11.8 Å². The van der Waals surface area contributed by atoms with Gasteiger partial charge in [-0.3, -0.25) is 14.2 Å². The molecule has 1 aromatic carbocycles. The highest BCUT2D eigenvalue weighted by Crippen LogP contribution is 2.24. The molecule has 0 saturated heterocycles. The fourth-order valence-electron chi connectivity index (χ4n) is 1.87. The maximum absolute atomic E-state index is 12.0. The molecule has 0 unspecified atom stereocenters. The molecule has 0 saturated carbocycles. The van der Waals surface area contributed by atoms with Crippen molar-refractivity contribution in [3.63, 3.8) is 0 Å². The van der Waals surface area contributed by atoms with Gasteiger partial charge in [-0.15, -0.1) is 11.8 Å². The molecule has 0 aliphatic heterocycles. The number of amides is 1. The van der Waals surface area contributed by atoms with Gasteiger partial charge in [-0.25, -0.2) is 4.98 Å². The first kappa shape index (κ1) is 15.3. The minimum absolute atomic E-state index is 0.0431. The summed E-state index contributed by atoms with van der Waals surface area (Å²) < 4.78 is 1.30. The third-order valence-electron chi connectivity index (χ3n) is 2.99. The highest BCUT2D eigenvalue weighted by Gasteiger charge is 2.08. The van der Waals surface area contributed by atoms with Crippen molar-refractivity contribution in [1.82, 2.24) is 9.55 Å². The van der Waals surface area contributed by atoms with Crippen molar-refractivity contribution in [2.24, 2.45) is 0 Å². The zero-order chi connectivity index (χ0) is 15.2. The Kier molecular flexibility index (Phi) is 5.16. The molecule has 1 aromatic heterocycles. The lowest BCUT2D eigenvalue weighted by Crippen LogP contribution is -2.28. The van der Waals surface area contributed by atoms with E-state index in [2.05, 4.69) is 10.3 Å². The average molecular weight is 303 g/mol. The van der Waals surface area contributed by atoms with Crippen LogP contribution in [0.3, 0.4) is 0 Å². The van der Waals surface area contributed by atoms with Gasteiger partial charge < -0.3 is 5.32 Å². The second-order valence-corrected chi connectivity index (χ2v) is 5.30. The maximum Gasteiger partial charge on any atom is 0.253 e. The molecule has 21 heavy (non-hydrogen) atoms. The predicted molar refractivity (Wildman–Crippen MR) is 84.7 cm³/mol. The first-order valence-corrected chi connectivity index (χ1v) is 7.84. The van der Waals surface area contributed by atoms with E-state index < -0.39 is 0 Å². The van der Waals surface area contributed by atoms with Crippen LogP contribution in [-0.4, -0.2) is 21.7 Å². The Hall–Kier alpha value is -2.08. The zero-order valence-electron chi connectivity index (χ0n) is 12.0. The van der Waals surface area contributed by atoms with Gasteiger partial charge in [-0.05, 0) is 24.8 Å². The van der Waals surface area contributed by atoms with Crippen molar-refractivity contribution in [2.75, 3.05) is 11.6 Å². The summed E-state index contributed by atoms with van der Waals surface area (Å²) in [7, 11) is 0. The molecule has 0 atom stereocenters. The van der Waals surface area contributed by atoms with Crippen molar-refractivity contribution in [1.29, 1.82) is 0 Å². The van der Waals surface area contributed by atoms with Crippen LogP contribution in [0.15, 0.2) is 46.3 Å². The van der Waals surface area contributed by atoms with Gasteiger partial charge in [0.1, 0.15) is 6.54 Å². The Balaban J connectivity index is 2.10. The predicted octanol–water partition coefficient (Wildman–Crippen LogP) is 2.17. The molecule has 0 bridgehead atoms. The number of para-hydroxylation sites is 1. The smallest absolute Gasteiger partial charge is 0.253 e. The average Bonchev–Trinajstić information content (AvgIpc) is 2.49. The summed E-state index contributed by atoms with van der Waals surface area (Å²) in [4.78, 5) is 29.0. The van der Waals surface area contributed by atoms with Crippen molar-refractivity contribution in [3.05, 3.63) is 52.7 Å². The molecule has 1 heterocycles. The molecule has 1 amide bonds. The summed E-state index contributed by atoms with van der Waals surface area (Å²) in [6.45, 7) is 1.89. The largest absolute Gasteiger partial charge is 0.324 e. The molecule has 2 aromatic rings. The topological polar surface area (TPSA) is 64.0 Å². The van der Waals surface area contributed by atoms with Crippen LogP contribution in [0.25, 0.3) is 0 Å². The van der Waals surface area contributed by atoms with E-state index in [1.807, 2.05) is 37.4 Å². The minimum atomic E-state index is -0.246. The first-order valence-electron chi connectivity index (χ1n) is 6.62. The Morgan fingerprint density at radius 3 is 2.81 bits per heavy atom. The second kappa shape index (κ2) is 7.08. The van der Waals surface area contributed by atoms with Gasteiger partial charge in [0.15, 0.2) is 0 Å². The van der Waals surface area contributed by atoms with Gasteiger partial charge in [0.05, 0.1) is 12.0 Å². The lowest BCUT2D eigenvalue weighted by molar-refractivity contribution is -0.116. The summed E-state index contributed by atoms with van der Waals surface area (Å²) in [6, 6.07) is 9.01. The molecule has 110 valence electrons. The van der Waals surface area contributed by atoms with Gasteiger partial charge >= 0.3 is 0 Å². The van der Waals surface area contributed by atoms with E-state index >= 15 is 0 Å². The SMILES string of the molecule is CCc1cc(=O)n(CC(=O)Nc2ccccc2SC)cn1. The number of hydrogen-bond acceptors (Lipinski definition) is 4. The van der Waals surface area contributed by atoms with E-state index in [-0.39, 0.29) is 18.0 Å². The highest BCUT2D eigenvalue weighted by molar-refractivity contribution is 7.98. The third-order valence-corrected chi connectivity index (χ3v) is 3.79. The Morgan fingerprint density at radius 1 is 1.38 bits per heavy atom. The number of nitrogens with zero attached hydrogens (tertiary/aromatic N) is 2. The number of rotatable bonds is 5. The van der Waals surface area contributed by atoms with E-state index in [0.29, 0.717) is 6.42 Å². The Bertz CT molecular complexity index is 697. The maximum atomic E-state index is 12.0. The van der Waals surface area contributed by atoms with Crippen LogP contribution in [0.4, 0.5) is 5.69 Å². The van der Waals surface area contributed by atoms with Crippen molar-refractivity contribution in [3.8, 4) is 0 Å². The normalized spacial score (nSPS) is 10.4. The van der Waals surface area contributed by atoms with Gasteiger partial charge in [0, 0.05) is 16.7 Å². The van der Waals surface area contributed by atoms with Crippen LogP contribution < -0.4 is 10.9 Å². The number of anilines is 1. The standard InChI is InChI=1S/C15H17N3O2S/c1-3-11-8-15(20)18(10-16-11)9-14(19)17-12-6-4-5-7-13(12)21-2/h4-8,10H,3,9H2,1-2H3,(H,17,19). The fourth-order valence-corrected chi connectivity index (χ4v) is 2.42. The monoisotopic (exact) mass is 303 g/mol. The van der Waals surface area contributed by atoms with Crippen molar-refractivity contribution < 1.29 is 4.79 Å². The van der Waals surface area contributed by atoms with Gasteiger partial charge in [0.2, 0.25) is 5.91 Å². The van der Waals surface area contributed by atoms with Crippen LogP contribution in [0, 0.1) is 0 Å². The van der Waals surface area contributed by atoms with Crippen LogP contribution >= 0.6 is 11.8 Å². The summed E-state index contributed by atoms with van der Waals surface area (Å²) in [5, 5.41) is 2.82. The first-order chi connectivity index (χ1) is 10.1. The molecule has 1 N–H and O–H groups in total. The Morgan fingerprint density at radius 2 is 2.14 bits per heavy atom. The van der Waals surface area contributed by atoms with Crippen LogP contribution in [-0.2, 0) is 17.8 Å².